The first-order valence-corrected chi connectivity index (χ1v) is 2.62. The van der Waals surface area contributed by atoms with E-state index in [4.69, 9.17) is 5.11 Å². The lowest BCUT2D eigenvalue weighted by atomic mass is 10.4. The number of aliphatic hydroxyl groups is 1. The molecule has 0 aliphatic heterocycles. The quantitative estimate of drug-likeness (QED) is 0.536. The molecule has 9 heavy (non-hydrogen) atoms. The fourth-order valence-corrected chi connectivity index (χ4v) is 0.653. The fraction of sp³-hybridized carbons (Fsp3) is 0.800. The van der Waals surface area contributed by atoms with Gasteiger partial charge in [0.2, 0.25) is 0 Å². The van der Waals surface area contributed by atoms with Gasteiger partial charge in [-0.3, -0.25) is 4.79 Å². The molecule has 0 aromatic rings. The minimum atomic E-state index is -1.64. The van der Waals surface area contributed by atoms with E-state index in [0.717, 1.165) is 0 Å². The SMILES string of the molecule is O=COC1CC1(F)CO. The minimum Gasteiger partial charge on any atom is -0.461 e. The highest BCUT2D eigenvalue weighted by Gasteiger charge is 2.57. The van der Waals surface area contributed by atoms with Gasteiger partial charge in [0, 0.05) is 6.42 Å². The van der Waals surface area contributed by atoms with E-state index in [1.807, 2.05) is 0 Å². The van der Waals surface area contributed by atoms with Crippen molar-refractivity contribution in [3.8, 4) is 0 Å². The number of ether oxygens (including phenoxy) is 1. The van der Waals surface area contributed by atoms with E-state index in [-0.39, 0.29) is 12.9 Å². The molecule has 1 aliphatic rings. The van der Waals surface area contributed by atoms with E-state index in [9.17, 15) is 9.18 Å². The van der Waals surface area contributed by atoms with Crippen molar-refractivity contribution in [1.82, 2.24) is 0 Å². The molecular formula is C5H7FO3. The monoisotopic (exact) mass is 134 g/mol. The maximum Gasteiger partial charge on any atom is 0.293 e. The molecule has 0 heterocycles. The lowest BCUT2D eigenvalue weighted by molar-refractivity contribution is -0.131. The lowest BCUT2D eigenvalue weighted by Crippen LogP contribution is -2.14. The number of rotatable bonds is 3. The predicted molar refractivity (Wildman–Crippen MR) is 26.5 cm³/mol. The van der Waals surface area contributed by atoms with Crippen molar-refractivity contribution < 1.29 is 19.0 Å². The first-order chi connectivity index (χ1) is 4.23. The third-order valence-corrected chi connectivity index (χ3v) is 1.42. The zero-order valence-electron chi connectivity index (χ0n) is 4.71. The lowest BCUT2D eigenvalue weighted by Gasteiger charge is -1.98. The summed E-state index contributed by atoms with van der Waals surface area (Å²) in [4.78, 5) is 9.59. The number of carbonyl (C=O) groups is 1. The van der Waals surface area contributed by atoms with Gasteiger partial charge in [-0.15, -0.1) is 0 Å². The molecule has 0 spiro atoms. The molecule has 0 aromatic heterocycles. The average Bonchev–Trinajstić information content (AvgIpc) is 2.46. The van der Waals surface area contributed by atoms with E-state index < -0.39 is 18.4 Å². The van der Waals surface area contributed by atoms with Gasteiger partial charge in [-0.1, -0.05) is 0 Å². The molecule has 1 fully saturated rings. The van der Waals surface area contributed by atoms with E-state index >= 15 is 0 Å². The topological polar surface area (TPSA) is 46.5 Å². The third kappa shape index (κ3) is 1.03. The molecule has 1 aliphatic carbocycles. The van der Waals surface area contributed by atoms with Crippen molar-refractivity contribution in [2.45, 2.75) is 18.2 Å². The van der Waals surface area contributed by atoms with Crippen LogP contribution in [-0.2, 0) is 9.53 Å². The largest absolute Gasteiger partial charge is 0.461 e. The predicted octanol–water partition coefficient (Wildman–Crippen LogP) is -0.368. The first kappa shape index (κ1) is 6.48. The second kappa shape index (κ2) is 1.95. The van der Waals surface area contributed by atoms with Gasteiger partial charge in [0.1, 0.15) is 6.10 Å². The Hall–Kier alpha value is -0.640. The highest BCUT2D eigenvalue weighted by atomic mass is 19.1. The highest BCUT2D eigenvalue weighted by molar-refractivity contribution is 5.39. The zero-order valence-corrected chi connectivity index (χ0v) is 4.71. The Morgan fingerprint density at radius 3 is 3.00 bits per heavy atom. The molecular weight excluding hydrogens is 127 g/mol. The zero-order chi connectivity index (χ0) is 6.91. The molecule has 1 saturated carbocycles. The van der Waals surface area contributed by atoms with Crippen LogP contribution in [0.4, 0.5) is 4.39 Å². The number of carbonyl (C=O) groups excluding carboxylic acids is 1. The number of hydrogen-bond acceptors (Lipinski definition) is 3. The molecule has 0 bridgehead atoms. The fourth-order valence-electron chi connectivity index (χ4n) is 0.653. The van der Waals surface area contributed by atoms with E-state index in [0.29, 0.717) is 0 Å². The van der Waals surface area contributed by atoms with E-state index in [2.05, 4.69) is 4.74 Å². The summed E-state index contributed by atoms with van der Waals surface area (Å²) in [5, 5.41) is 8.29. The summed E-state index contributed by atoms with van der Waals surface area (Å²) in [5.74, 6) is 0. The molecule has 2 unspecified atom stereocenters. The minimum absolute atomic E-state index is 0.127. The van der Waals surface area contributed by atoms with Gasteiger partial charge >= 0.3 is 0 Å². The second-order valence-electron chi connectivity index (χ2n) is 2.12. The van der Waals surface area contributed by atoms with Gasteiger partial charge in [-0.2, -0.15) is 0 Å². The van der Waals surface area contributed by atoms with Crippen LogP contribution in [0.3, 0.4) is 0 Å². The summed E-state index contributed by atoms with van der Waals surface area (Å²) in [6.45, 7) is -0.368. The number of halogens is 1. The molecule has 0 saturated heterocycles. The van der Waals surface area contributed by atoms with E-state index in [1.165, 1.54) is 0 Å². The van der Waals surface area contributed by atoms with Gasteiger partial charge in [0.25, 0.3) is 6.47 Å². The molecule has 52 valence electrons. The maximum absolute atomic E-state index is 12.5. The van der Waals surface area contributed by atoms with Gasteiger partial charge in [0.15, 0.2) is 5.67 Å². The van der Waals surface area contributed by atoms with Crippen molar-refractivity contribution in [1.29, 1.82) is 0 Å². The molecule has 2 atom stereocenters. The highest BCUT2D eigenvalue weighted by Crippen LogP contribution is 2.41. The summed E-state index contributed by atoms with van der Waals surface area (Å²) in [5.41, 5.74) is -1.64. The molecule has 0 amide bonds. The van der Waals surface area contributed by atoms with Gasteiger partial charge in [-0.25, -0.2) is 4.39 Å². The number of hydrogen-bond donors (Lipinski definition) is 1. The van der Waals surface area contributed by atoms with E-state index in [1.54, 1.807) is 0 Å². The average molecular weight is 134 g/mol. The van der Waals surface area contributed by atoms with Crippen LogP contribution < -0.4 is 0 Å². The van der Waals surface area contributed by atoms with Crippen LogP contribution in [0.25, 0.3) is 0 Å². The first-order valence-electron chi connectivity index (χ1n) is 2.62. The van der Waals surface area contributed by atoms with Crippen molar-refractivity contribution in [2.75, 3.05) is 6.61 Å². The normalized spacial score (nSPS) is 40.0. The smallest absolute Gasteiger partial charge is 0.293 e. The summed E-state index contributed by atoms with van der Waals surface area (Å²) in [6, 6.07) is 0. The van der Waals surface area contributed by atoms with Crippen LogP contribution in [-0.4, -0.2) is 30.0 Å². The Labute approximate surface area is 51.4 Å². The van der Waals surface area contributed by atoms with Crippen LogP contribution in [0.5, 0.6) is 0 Å². The molecule has 1 N–H and O–H groups in total. The third-order valence-electron chi connectivity index (χ3n) is 1.42. The van der Waals surface area contributed by atoms with Crippen LogP contribution in [0, 0.1) is 0 Å². The summed E-state index contributed by atoms with van der Waals surface area (Å²) < 4.78 is 16.8. The van der Waals surface area contributed by atoms with Crippen molar-refractivity contribution in [3.05, 3.63) is 0 Å². The number of alkyl halides is 1. The van der Waals surface area contributed by atoms with Crippen LogP contribution >= 0.6 is 0 Å². The summed E-state index contributed by atoms with van der Waals surface area (Å²) in [6.07, 6.45) is -0.581. The van der Waals surface area contributed by atoms with Crippen LogP contribution in [0.1, 0.15) is 6.42 Å². The molecule has 4 heteroatoms. The van der Waals surface area contributed by atoms with Crippen molar-refractivity contribution in [2.24, 2.45) is 0 Å². The maximum atomic E-state index is 12.5. The van der Waals surface area contributed by atoms with Gasteiger partial charge in [-0.05, 0) is 0 Å². The second-order valence-corrected chi connectivity index (χ2v) is 2.12. The van der Waals surface area contributed by atoms with Crippen LogP contribution in [0.15, 0.2) is 0 Å². The number of aliphatic hydroxyl groups excluding tert-OH is 1. The molecule has 0 radical (unpaired) electrons. The summed E-state index contributed by atoms with van der Waals surface area (Å²) in [7, 11) is 0. The molecule has 3 nitrogen and oxygen atoms in total. The van der Waals surface area contributed by atoms with Crippen molar-refractivity contribution in [3.63, 3.8) is 0 Å². The van der Waals surface area contributed by atoms with Gasteiger partial charge < -0.3 is 9.84 Å². The van der Waals surface area contributed by atoms with Gasteiger partial charge in [0.05, 0.1) is 6.61 Å². The Bertz CT molecular complexity index is 127. The summed E-state index contributed by atoms with van der Waals surface area (Å²) >= 11 is 0. The van der Waals surface area contributed by atoms with Crippen LogP contribution in [0.2, 0.25) is 0 Å². The van der Waals surface area contributed by atoms with Crippen molar-refractivity contribution >= 4 is 6.47 Å². The molecule has 0 aromatic carbocycles. The Balaban J connectivity index is 2.29. The Kier molecular flexibility index (Phi) is 1.40. The standard InChI is InChI=1S/C5H7FO3/c6-5(2-7)1-4(5)9-3-8/h3-4,7H,1-2H2. The Morgan fingerprint density at radius 1 is 2.00 bits per heavy atom. The Morgan fingerprint density at radius 2 is 2.67 bits per heavy atom. The molecule has 1 rings (SSSR count).